The van der Waals surface area contributed by atoms with Crippen molar-refractivity contribution in [3.8, 4) is 5.75 Å². The van der Waals surface area contributed by atoms with E-state index in [-0.39, 0.29) is 6.03 Å². The van der Waals surface area contributed by atoms with Crippen LogP contribution in [-0.2, 0) is 13.0 Å². The monoisotopic (exact) mass is 324 g/mol. The van der Waals surface area contributed by atoms with Gasteiger partial charge < -0.3 is 15.0 Å². The Morgan fingerprint density at radius 3 is 2.50 bits per heavy atom. The Morgan fingerprint density at radius 1 is 1.12 bits per heavy atom. The second-order valence-corrected chi connectivity index (χ2v) is 5.57. The van der Waals surface area contributed by atoms with E-state index in [1.54, 1.807) is 18.0 Å². The van der Waals surface area contributed by atoms with Crippen LogP contribution in [0.5, 0.6) is 5.75 Å². The van der Waals surface area contributed by atoms with Crippen molar-refractivity contribution < 1.29 is 9.53 Å². The summed E-state index contributed by atoms with van der Waals surface area (Å²) in [7, 11) is 1.79. The van der Waals surface area contributed by atoms with Crippen molar-refractivity contribution in [3.63, 3.8) is 0 Å². The smallest absolute Gasteiger partial charge is 0.317 e. The van der Waals surface area contributed by atoms with Gasteiger partial charge in [0.05, 0.1) is 0 Å². The van der Waals surface area contributed by atoms with Gasteiger partial charge in [-0.2, -0.15) is 0 Å². The molecule has 126 valence electrons. The molecule has 2 rings (SSSR count). The van der Waals surface area contributed by atoms with Crippen molar-refractivity contribution in [3.05, 3.63) is 78.4 Å². The van der Waals surface area contributed by atoms with E-state index in [1.807, 2.05) is 42.5 Å². The highest BCUT2D eigenvalue weighted by Crippen LogP contribution is 2.13. The minimum atomic E-state index is -0.0714. The molecule has 0 aliphatic carbocycles. The third kappa shape index (κ3) is 5.80. The van der Waals surface area contributed by atoms with Gasteiger partial charge in [-0.3, -0.25) is 0 Å². The molecule has 0 atom stereocenters. The zero-order chi connectivity index (χ0) is 17.2. The second-order valence-electron chi connectivity index (χ2n) is 5.57. The lowest BCUT2D eigenvalue weighted by molar-refractivity contribution is 0.207. The van der Waals surface area contributed by atoms with Crippen molar-refractivity contribution in [2.24, 2.45) is 0 Å². The number of carbonyl (C=O) groups excluding carboxylic acids is 1. The molecule has 0 bridgehead atoms. The summed E-state index contributed by atoms with van der Waals surface area (Å²) in [6, 6.07) is 17.8. The van der Waals surface area contributed by atoms with Crippen LogP contribution in [0.1, 0.15) is 11.1 Å². The lowest BCUT2D eigenvalue weighted by Crippen LogP contribution is -2.37. The summed E-state index contributed by atoms with van der Waals surface area (Å²) in [4.78, 5) is 13.8. The first kappa shape index (κ1) is 17.6. The van der Waals surface area contributed by atoms with Gasteiger partial charge in [-0.15, -0.1) is 0 Å². The summed E-state index contributed by atoms with van der Waals surface area (Å²) in [5.41, 5.74) is 2.28. The third-order valence-corrected chi connectivity index (χ3v) is 3.59. The molecule has 0 saturated carbocycles. The predicted molar refractivity (Wildman–Crippen MR) is 97.1 cm³/mol. The van der Waals surface area contributed by atoms with Crippen LogP contribution in [0.2, 0.25) is 0 Å². The topological polar surface area (TPSA) is 41.6 Å². The van der Waals surface area contributed by atoms with Crippen molar-refractivity contribution >= 4 is 6.03 Å². The van der Waals surface area contributed by atoms with Crippen LogP contribution in [-0.4, -0.2) is 31.1 Å². The Labute approximate surface area is 143 Å². The summed E-state index contributed by atoms with van der Waals surface area (Å²) < 4.78 is 5.45. The molecule has 4 heteroatoms. The average molecular weight is 324 g/mol. The number of rotatable bonds is 8. The van der Waals surface area contributed by atoms with E-state index in [9.17, 15) is 4.79 Å². The molecule has 2 amide bonds. The number of nitrogens with zero attached hydrogens (tertiary/aromatic N) is 1. The van der Waals surface area contributed by atoms with E-state index in [2.05, 4.69) is 24.0 Å². The Bertz CT molecular complexity index is 638. The molecule has 4 nitrogen and oxygen atoms in total. The number of carbonyl (C=O) groups is 1. The van der Waals surface area contributed by atoms with Gasteiger partial charge in [-0.05, 0) is 29.7 Å². The summed E-state index contributed by atoms with van der Waals surface area (Å²) in [6.45, 7) is 5.29. The summed E-state index contributed by atoms with van der Waals surface area (Å²) >= 11 is 0. The summed E-state index contributed by atoms with van der Waals surface area (Å²) in [6.07, 6.45) is 2.54. The van der Waals surface area contributed by atoms with E-state index in [4.69, 9.17) is 4.74 Å². The first-order valence-electron chi connectivity index (χ1n) is 8.04. The molecule has 0 radical (unpaired) electrons. The number of nitrogens with one attached hydrogen (secondary N) is 1. The fourth-order valence-electron chi connectivity index (χ4n) is 2.29. The van der Waals surface area contributed by atoms with Gasteiger partial charge in [-0.1, -0.05) is 55.1 Å². The Hall–Kier alpha value is -2.75. The zero-order valence-electron chi connectivity index (χ0n) is 14.1. The minimum Gasteiger partial charge on any atom is -0.490 e. The average Bonchev–Trinajstić information content (AvgIpc) is 2.62. The van der Waals surface area contributed by atoms with Gasteiger partial charge in [0.2, 0.25) is 0 Å². The van der Waals surface area contributed by atoms with E-state index in [1.165, 1.54) is 5.56 Å². The molecule has 0 spiro atoms. The van der Waals surface area contributed by atoms with Crippen LogP contribution in [0.4, 0.5) is 4.79 Å². The number of benzene rings is 2. The van der Waals surface area contributed by atoms with Gasteiger partial charge in [0, 0.05) is 20.1 Å². The number of amides is 2. The van der Waals surface area contributed by atoms with Crippen LogP contribution in [0.25, 0.3) is 0 Å². The highest BCUT2D eigenvalue weighted by atomic mass is 16.5. The van der Waals surface area contributed by atoms with Crippen molar-refractivity contribution in [2.75, 3.05) is 20.2 Å². The Kier molecular flexibility index (Phi) is 6.90. The highest BCUT2D eigenvalue weighted by Gasteiger charge is 2.08. The minimum absolute atomic E-state index is 0.0714. The molecule has 2 aromatic rings. The molecule has 2 aromatic carbocycles. The van der Waals surface area contributed by atoms with Gasteiger partial charge in [0.25, 0.3) is 0 Å². The summed E-state index contributed by atoms with van der Waals surface area (Å²) in [5.74, 6) is 0.800. The lowest BCUT2D eigenvalue weighted by atomic mass is 10.1. The molecule has 24 heavy (non-hydrogen) atoms. The Balaban J connectivity index is 1.75. The van der Waals surface area contributed by atoms with Crippen LogP contribution in [0.15, 0.2) is 67.3 Å². The fraction of sp³-hybridized carbons (Fsp3) is 0.250. The normalized spacial score (nSPS) is 10.0. The van der Waals surface area contributed by atoms with E-state index < -0.39 is 0 Å². The first-order valence-corrected chi connectivity index (χ1v) is 8.04. The maximum Gasteiger partial charge on any atom is 0.317 e. The van der Waals surface area contributed by atoms with Gasteiger partial charge >= 0.3 is 6.03 Å². The zero-order valence-corrected chi connectivity index (χ0v) is 14.1. The molecule has 0 aliphatic rings. The third-order valence-electron chi connectivity index (χ3n) is 3.59. The largest absolute Gasteiger partial charge is 0.490 e. The van der Waals surface area contributed by atoms with E-state index >= 15 is 0 Å². The molecule has 0 saturated heterocycles. The molecular weight excluding hydrogens is 300 g/mol. The molecule has 0 aromatic heterocycles. The van der Waals surface area contributed by atoms with Crippen molar-refractivity contribution in [1.29, 1.82) is 0 Å². The Morgan fingerprint density at radius 2 is 1.83 bits per heavy atom. The molecule has 0 aliphatic heterocycles. The predicted octanol–water partition coefficient (Wildman–Crippen LogP) is 3.64. The number of ether oxygens (including phenoxy) is 1. The van der Waals surface area contributed by atoms with Crippen LogP contribution in [0, 0.1) is 0 Å². The molecule has 0 unspecified atom stereocenters. The highest BCUT2D eigenvalue weighted by molar-refractivity contribution is 5.73. The quantitative estimate of drug-likeness (QED) is 0.753. The number of hydrogen-bond donors (Lipinski definition) is 1. The van der Waals surface area contributed by atoms with Gasteiger partial charge in [0.15, 0.2) is 0 Å². The molecular formula is C20H24N2O2. The second kappa shape index (κ2) is 9.40. The van der Waals surface area contributed by atoms with Crippen molar-refractivity contribution in [1.82, 2.24) is 10.2 Å². The standard InChI is InChI=1S/C20H24N2O2/c1-3-15-24-19-11-9-18(10-12-19)16-22(2)20(23)21-14-13-17-7-5-4-6-8-17/h3-12H,1,13-16H2,2H3,(H,21,23). The maximum atomic E-state index is 12.1. The van der Waals surface area contributed by atoms with Crippen molar-refractivity contribution in [2.45, 2.75) is 13.0 Å². The number of urea groups is 1. The summed E-state index contributed by atoms with van der Waals surface area (Å²) in [5, 5.41) is 2.94. The van der Waals surface area contributed by atoms with E-state index in [0.717, 1.165) is 17.7 Å². The first-order chi connectivity index (χ1) is 11.7. The molecule has 1 N–H and O–H groups in total. The maximum absolute atomic E-state index is 12.1. The molecule has 0 heterocycles. The van der Waals surface area contributed by atoms with Crippen LogP contribution in [0.3, 0.4) is 0 Å². The van der Waals surface area contributed by atoms with Gasteiger partial charge in [0.1, 0.15) is 12.4 Å². The fourth-order valence-corrected chi connectivity index (χ4v) is 2.29. The van der Waals surface area contributed by atoms with E-state index in [0.29, 0.717) is 19.7 Å². The van der Waals surface area contributed by atoms with Gasteiger partial charge in [-0.25, -0.2) is 4.79 Å². The lowest BCUT2D eigenvalue weighted by Gasteiger charge is -2.18. The number of hydrogen-bond acceptors (Lipinski definition) is 2. The SMILES string of the molecule is C=CCOc1ccc(CN(C)C(=O)NCCc2ccccc2)cc1. The molecule has 0 fully saturated rings. The van der Waals surface area contributed by atoms with Crippen LogP contribution < -0.4 is 10.1 Å². The van der Waals surface area contributed by atoms with Crippen LogP contribution >= 0.6 is 0 Å².